The van der Waals surface area contributed by atoms with Gasteiger partial charge in [0, 0.05) is 32.6 Å². The van der Waals surface area contributed by atoms with E-state index >= 15 is 0 Å². The second-order valence-electron chi connectivity index (χ2n) is 5.25. The van der Waals surface area contributed by atoms with Crippen molar-refractivity contribution in [3.63, 3.8) is 0 Å². The standard InChI is InChI=1S/C14H19Cl2N3O3S/c15-12-4-3-11(10-13(12)16)23(21,22)19-8-6-18(7-9-19)14(20)2-1-5-17/h3-4,10H,1-2,5-9,17H2. The highest BCUT2D eigenvalue weighted by Crippen LogP contribution is 2.27. The highest BCUT2D eigenvalue weighted by molar-refractivity contribution is 7.89. The van der Waals surface area contributed by atoms with Crippen LogP contribution in [-0.2, 0) is 14.8 Å². The van der Waals surface area contributed by atoms with Gasteiger partial charge in [0.25, 0.3) is 0 Å². The fraction of sp³-hybridized carbons (Fsp3) is 0.500. The Bertz CT molecular complexity index is 674. The third-order valence-corrected chi connectivity index (χ3v) is 6.35. The molecule has 1 heterocycles. The van der Waals surface area contributed by atoms with Crippen LogP contribution in [0.1, 0.15) is 12.8 Å². The summed E-state index contributed by atoms with van der Waals surface area (Å²) in [6.07, 6.45) is 1.04. The van der Waals surface area contributed by atoms with E-state index in [1.54, 1.807) is 4.90 Å². The smallest absolute Gasteiger partial charge is 0.243 e. The summed E-state index contributed by atoms with van der Waals surface area (Å²) in [5.41, 5.74) is 5.39. The van der Waals surface area contributed by atoms with E-state index < -0.39 is 10.0 Å². The summed E-state index contributed by atoms with van der Waals surface area (Å²) < 4.78 is 26.6. The summed E-state index contributed by atoms with van der Waals surface area (Å²) in [7, 11) is -3.64. The molecule has 0 saturated carbocycles. The quantitative estimate of drug-likeness (QED) is 0.841. The molecule has 0 aliphatic carbocycles. The molecule has 0 spiro atoms. The van der Waals surface area contributed by atoms with Crippen LogP contribution in [0.15, 0.2) is 23.1 Å². The summed E-state index contributed by atoms with van der Waals surface area (Å²) in [6, 6.07) is 4.24. The maximum absolute atomic E-state index is 12.6. The highest BCUT2D eigenvalue weighted by Gasteiger charge is 2.30. The number of hydrogen-bond donors (Lipinski definition) is 1. The van der Waals surface area contributed by atoms with E-state index in [2.05, 4.69) is 0 Å². The zero-order valence-electron chi connectivity index (χ0n) is 12.5. The van der Waals surface area contributed by atoms with Gasteiger partial charge in [0.05, 0.1) is 14.9 Å². The van der Waals surface area contributed by atoms with Crippen LogP contribution in [0.25, 0.3) is 0 Å². The molecule has 9 heteroatoms. The summed E-state index contributed by atoms with van der Waals surface area (Å²) in [5.74, 6) is 0.0158. The topological polar surface area (TPSA) is 83.7 Å². The summed E-state index contributed by atoms with van der Waals surface area (Å²) in [5, 5.41) is 0.504. The Morgan fingerprint density at radius 2 is 1.78 bits per heavy atom. The Balaban J connectivity index is 2.03. The second kappa shape index (κ2) is 7.81. The van der Waals surface area contributed by atoms with Gasteiger partial charge in [-0.15, -0.1) is 0 Å². The van der Waals surface area contributed by atoms with Crippen molar-refractivity contribution in [2.75, 3.05) is 32.7 Å². The van der Waals surface area contributed by atoms with Gasteiger partial charge in [-0.1, -0.05) is 23.2 Å². The number of carbonyl (C=O) groups excluding carboxylic acids is 1. The summed E-state index contributed by atoms with van der Waals surface area (Å²) in [4.78, 5) is 13.7. The molecule has 1 aliphatic heterocycles. The maximum Gasteiger partial charge on any atom is 0.243 e. The van der Waals surface area contributed by atoms with E-state index in [9.17, 15) is 13.2 Å². The minimum atomic E-state index is -3.64. The third-order valence-electron chi connectivity index (χ3n) is 3.71. The van der Waals surface area contributed by atoms with Gasteiger partial charge >= 0.3 is 0 Å². The molecule has 1 saturated heterocycles. The monoisotopic (exact) mass is 379 g/mol. The molecule has 0 bridgehead atoms. The SMILES string of the molecule is NCCCC(=O)N1CCN(S(=O)(=O)c2ccc(Cl)c(Cl)c2)CC1. The first-order valence-corrected chi connectivity index (χ1v) is 9.49. The predicted molar refractivity (Wildman–Crippen MR) is 90.1 cm³/mol. The molecule has 23 heavy (non-hydrogen) atoms. The average molecular weight is 380 g/mol. The van der Waals surface area contributed by atoms with Crippen LogP contribution in [0.4, 0.5) is 0 Å². The molecule has 0 atom stereocenters. The van der Waals surface area contributed by atoms with Crippen LogP contribution >= 0.6 is 23.2 Å². The second-order valence-corrected chi connectivity index (χ2v) is 8.01. The largest absolute Gasteiger partial charge is 0.340 e. The van der Waals surface area contributed by atoms with Crippen LogP contribution in [0.2, 0.25) is 10.0 Å². The van der Waals surface area contributed by atoms with Gasteiger partial charge in [-0.25, -0.2) is 8.42 Å². The molecular weight excluding hydrogens is 361 g/mol. The molecule has 1 aromatic rings. The van der Waals surface area contributed by atoms with Crippen molar-refractivity contribution < 1.29 is 13.2 Å². The molecule has 0 radical (unpaired) electrons. The number of sulfonamides is 1. The minimum Gasteiger partial charge on any atom is -0.340 e. The number of hydrogen-bond acceptors (Lipinski definition) is 4. The van der Waals surface area contributed by atoms with E-state index in [0.29, 0.717) is 37.5 Å². The summed E-state index contributed by atoms with van der Waals surface area (Å²) in [6.45, 7) is 1.75. The van der Waals surface area contributed by atoms with Crippen LogP contribution in [-0.4, -0.2) is 56.3 Å². The molecule has 0 aromatic heterocycles. The first kappa shape index (κ1) is 18.5. The Morgan fingerprint density at radius 1 is 1.13 bits per heavy atom. The number of halogens is 2. The van der Waals surface area contributed by atoms with E-state index in [0.717, 1.165) is 0 Å². The fourth-order valence-electron chi connectivity index (χ4n) is 2.38. The number of amides is 1. The molecule has 1 fully saturated rings. The van der Waals surface area contributed by atoms with E-state index in [-0.39, 0.29) is 28.9 Å². The van der Waals surface area contributed by atoms with Crippen molar-refractivity contribution in [2.24, 2.45) is 5.73 Å². The normalized spacial score (nSPS) is 16.6. The zero-order valence-corrected chi connectivity index (χ0v) is 14.9. The van der Waals surface area contributed by atoms with Crippen molar-refractivity contribution in [1.82, 2.24) is 9.21 Å². The molecule has 1 aromatic carbocycles. The number of rotatable bonds is 5. The summed E-state index contributed by atoms with van der Waals surface area (Å²) >= 11 is 11.7. The number of nitrogens with zero attached hydrogens (tertiary/aromatic N) is 2. The van der Waals surface area contributed by atoms with Crippen LogP contribution in [0.3, 0.4) is 0 Å². The fourth-order valence-corrected chi connectivity index (χ4v) is 4.19. The molecule has 1 aliphatic rings. The average Bonchev–Trinajstić information content (AvgIpc) is 2.55. The van der Waals surface area contributed by atoms with Crippen molar-refractivity contribution in [1.29, 1.82) is 0 Å². The van der Waals surface area contributed by atoms with E-state index in [4.69, 9.17) is 28.9 Å². The van der Waals surface area contributed by atoms with Crippen LogP contribution in [0, 0.1) is 0 Å². The lowest BCUT2D eigenvalue weighted by molar-refractivity contribution is -0.132. The molecule has 2 N–H and O–H groups in total. The van der Waals surface area contributed by atoms with Gasteiger partial charge in [0.1, 0.15) is 0 Å². The van der Waals surface area contributed by atoms with E-state index in [1.807, 2.05) is 0 Å². The first-order chi connectivity index (χ1) is 10.9. The van der Waals surface area contributed by atoms with Gasteiger partial charge in [0.15, 0.2) is 0 Å². The maximum atomic E-state index is 12.6. The lowest BCUT2D eigenvalue weighted by Crippen LogP contribution is -2.50. The Labute approximate surface area is 146 Å². The molecule has 6 nitrogen and oxygen atoms in total. The molecule has 128 valence electrons. The molecule has 1 amide bonds. The molecule has 2 rings (SSSR count). The van der Waals surface area contributed by atoms with Gasteiger partial charge in [-0.3, -0.25) is 4.79 Å². The predicted octanol–water partition coefficient (Wildman–Crippen LogP) is 1.57. The minimum absolute atomic E-state index is 0.0158. The molecule has 0 unspecified atom stereocenters. The first-order valence-electron chi connectivity index (χ1n) is 7.29. The Hall–Kier alpha value is -0.860. The number of benzene rings is 1. The van der Waals surface area contributed by atoms with Crippen LogP contribution < -0.4 is 5.73 Å². The van der Waals surface area contributed by atoms with Crippen molar-refractivity contribution in [3.05, 3.63) is 28.2 Å². The third kappa shape index (κ3) is 4.36. The Kier molecular flexibility index (Phi) is 6.27. The number of piperazine rings is 1. The van der Waals surface area contributed by atoms with Gasteiger partial charge in [0.2, 0.25) is 15.9 Å². The lowest BCUT2D eigenvalue weighted by Gasteiger charge is -2.34. The van der Waals surface area contributed by atoms with Crippen molar-refractivity contribution in [2.45, 2.75) is 17.7 Å². The van der Waals surface area contributed by atoms with Gasteiger partial charge in [-0.05, 0) is 31.2 Å². The number of nitrogens with two attached hydrogens (primary N) is 1. The lowest BCUT2D eigenvalue weighted by atomic mass is 10.2. The van der Waals surface area contributed by atoms with Gasteiger partial charge < -0.3 is 10.6 Å². The van der Waals surface area contributed by atoms with Crippen LogP contribution in [0.5, 0.6) is 0 Å². The highest BCUT2D eigenvalue weighted by atomic mass is 35.5. The van der Waals surface area contributed by atoms with Gasteiger partial charge in [-0.2, -0.15) is 4.31 Å². The van der Waals surface area contributed by atoms with Crippen molar-refractivity contribution in [3.8, 4) is 0 Å². The van der Waals surface area contributed by atoms with E-state index in [1.165, 1.54) is 22.5 Å². The van der Waals surface area contributed by atoms with Crippen molar-refractivity contribution >= 4 is 39.1 Å². The number of carbonyl (C=O) groups is 1. The molecular formula is C14H19Cl2N3O3S. The zero-order chi connectivity index (χ0) is 17.0. The Morgan fingerprint density at radius 3 is 2.35 bits per heavy atom.